The van der Waals surface area contributed by atoms with Gasteiger partial charge in [0.25, 0.3) is 0 Å². The maximum Gasteiger partial charge on any atom is 2.00 e. The quantitative estimate of drug-likeness (QED) is 0.191. The van der Waals surface area contributed by atoms with Crippen LogP contribution in [-0.2, 0) is 40.1 Å². The van der Waals surface area contributed by atoms with Crippen LogP contribution in [0.4, 0.5) is 0 Å². The number of carbonyl (C=O) groups excluding carboxylic acids is 2. The summed E-state index contributed by atoms with van der Waals surface area (Å²) in [7, 11) is 0. The molecule has 0 fully saturated rings. The van der Waals surface area contributed by atoms with Gasteiger partial charge in [-0.25, -0.2) is 0 Å². The monoisotopic (exact) mass is 489 g/mol. The Labute approximate surface area is 137 Å². The van der Waals surface area contributed by atoms with Gasteiger partial charge in [0.05, 0.1) is 38.4 Å². The molecule has 0 aliphatic heterocycles. The molecular weight excluding hydrogens is 467 g/mol. The minimum atomic E-state index is -1.68. The van der Waals surface area contributed by atoms with Crippen molar-refractivity contribution in [3.05, 3.63) is 0 Å². The molecule has 128 valence electrons. The summed E-state index contributed by atoms with van der Waals surface area (Å²) in [6, 6.07) is 0. The molecule has 0 aromatic rings. The zero-order valence-electron chi connectivity index (χ0n) is 11.6. The first-order valence-corrected chi connectivity index (χ1v) is 6.09. The Hall–Kier alpha value is -0.572. The smallest absolute Gasteiger partial charge is 0.549 e. The van der Waals surface area contributed by atoms with E-state index in [4.69, 9.17) is 26.0 Å². The van der Waals surface area contributed by atoms with E-state index < -0.39 is 17.9 Å². The van der Waals surface area contributed by atoms with Crippen LogP contribution < -0.4 is 21.7 Å². The van der Waals surface area contributed by atoms with Crippen molar-refractivity contribution in [1.29, 1.82) is 0 Å². The molecule has 0 rings (SSSR count). The molecule has 0 atom stereocenters. The zero-order chi connectivity index (χ0) is 15.8. The van der Waals surface area contributed by atoms with Crippen molar-refractivity contribution in [2.24, 2.45) is 17.4 Å². The van der Waals surface area contributed by atoms with Gasteiger partial charge in [0.1, 0.15) is 0 Å². The fourth-order valence-corrected chi connectivity index (χ4v) is 0.920. The third kappa shape index (κ3) is 19.4. The normalized spacial score (nSPS) is 9.52. The van der Waals surface area contributed by atoms with Crippen LogP contribution in [0.1, 0.15) is 6.42 Å². The Morgan fingerprint density at radius 1 is 0.952 bits per heavy atom. The average Bonchev–Trinajstić information content (AvgIpc) is 2.41. The van der Waals surface area contributed by atoms with E-state index in [9.17, 15) is 19.8 Å². The third-order valence-electron chi connectivity index (χ3n) is 1.89. The maximum absolute atomic E-state index is 10.3. The number of carboxylic acid groups (broad SMARTS) is 2. The molecule has 21 heavy (non-hydrogen) atoms. The Kier molecular flexibility index (Phi) is 23.5. The minimum Gasteiger partial charge on any atom is -0.549 e. The van der Waals surface area contributed by atoms with Gasteiger partial charge in [-0.2, -0.15) is 0 Å². The number of hydrogen-bond acceptors (Lipinski definition) is 9. The Bertz CT molecular complexity index is 241. The molecule has 0 bridgehead atoms. The number of carbonyl (C=O) groups is 2. The molecule has 0 amide bonds. The minimum absolute atomic E-state index is 0. The van der Waals surface area contributed by atoms with Gasteiger partial charge in [-0.05, 0) is 6.42 Å². The van der Waals surface area contributed by atoms with Crippen molar-refractivity contribution in [2.45, 2.75) is 6.42 Å². The van der Waals surface area contributed by atoms with Crippen molar-refractivity contribution in [3.8, 4) is 0 Å². The number of aliphatic carboxylic acids is 2. The summed E-state index contributed by atoms with van der Waals surface area (Å²) in [5.74, 6) is -5.02. The molecule has 0 unspecified atom stereocenters. The molecule has 10 heteroatoms. The Balaban J connectivity index is -0.000000572. The van der Waals surface area contributed by atoms with E-state index in [0.717, 1.165) is 0 Å². The van der Waals surface area contributed by atoms with E-state index in [0.29, 0.717) is 13.1 Å². The van der Waals surface area contributed by atoms with Gasteiger partial charge < -0.3 is 45.8 Å². The van der Waals surface area contributed by atoms with Crippen molar-refractivity contribution >= 4 is 11.9 Å². The van der Waals surface area contributed by atoms with E-state index in [1.165, 1.54) is 0 Å². The molecule has 9 nitrogen and oxygen atoms in total. The molecule has 0 heterocycles. The molecule has 0 saturated heterocycles. The predicted octanol–water partition coefficient (Wildman–Crippen LogP) is -4.58. The van der Waals surface area contributed by atoms with Crippen LogP contribution in [0.3, 0.4) is 0 Å². The summed E-state index contributed by atoms with van der Waals surface area (Å²) in [5.41, 5.74) is 9.81. The van der Waals surface area contributed by atoms with Crippen molar-refractivity contribution in [3.63, 3.8) is 0 Å². The largest absolute Gasteiger partial charge is 2.00 e. The summed E-state index contributed by atoms with van der Waals surface area (Å²) in [6.07, 6.45) is -0.204. The molecule has 0 aromatic heterocycles. The summed E-state index contributed by atoms with van der Waals surface area (Å²) >= 11 is 0. The summed E-state index contributed by atoms with van der Waals surface area (Å²) in [5, 5.41) is 29.0. The van der Waals surface area contributed by atoms with Gasteiger partial charge in [0.15, 0.2) is 0 Å². The maximum atomic E-state index is 10.3. The van der Waals surface area contributed by atoms with Crippen LogP contribution in [0, 0.1) is 5.92 Å². The van der Waals surface area contributed by atoms with Crippen LogP contribution in [0.15, 0.2) is 0 Å². The van der Waals surface area contributed by atoms with Gasteiger partial charge in [-0.15, -0.1) is 0 Å². The number of hydrogen-bond donors (Lipinski definition) is 3. The second-order valence-electron chi connectivity index (χ2n) is 3.51. The number of carboxylic acids is 2. The van der Waals surface area contributed by atoms with Crippen LogP contribution in [0.5, 0.6) is 0 Å². The van der Waals surface area contributed by atoms with Gasteiger partial charge in [-0.1, -0.05) is 0 Å². The third-order valence-corrected chi connectivity index (χ3v) is 1.89. The molecule has 0 aliphatic rings. The number of nitrogens with two attached hydrogens (primary N) is 2. The van der Waals surface area contributed by atoms with E-state index >= 15 is 0 Å². The van der Waals surface area contributed by atoms with E-state index in [-0.39, 0.29) is 60.5 Å². The SMILES string of the molecule is NCCN.O=C([O-])C(CCOCCOCCO)C(=O)[O-].[Pt+2]. The van der Waals surface area contributed by atoms with Crippen LogP contribution in [0.25, 0.3) is 0 Å². The topological polar surface area (TPSA) is 171 Å². The Morgan fingerprint density at radius 3 is 1.71 bits per heavy atom. The summed E-state index contributed by atoms with van der Waals surface area (Å²) < 4.78 is 9.77. The zero-order valence-corrected chi connectivity index (χ0v) is 13.9. The second-order valence-corrected chi connectivity index (χ2v) is 3.51. The first-order chi connectivity index (χ1) is 9.51. The molecule has 0 aromatic carbocycles. The summed E-state index contributed by atoms with van der Waals surface area (Å²) in [6.45, 7) is 1.73. The fourth-order valence-electron chi connectivity index (χ4n) is 0.920. The molecule has 5 N–H and O–H groups in total. The molecule has 0 aliphatic carbocycles. The van der Waals surface area contributed by atoms with Gasteiger partial charge in [0.2, 0.25) is 0 Å². The van der Waals surface area contributed by atoms with Crippen LogP contribution >= 0.6 is 0 Å². The molecule has 0 saturated carbocycles. The fraction of sp³-hybridized carbons (Fsp3) is 0.818. The van der Waals surface area contributed by atoms with Gasteiger partial charge in [0, 0.05) is 25.6 Å². The van der Waals surface area contributed by atoms with Crippen LogP contribution in [0.2, 0.25) is 0 Å². The first kappa shape index (κ1) is 25.4. The second kappa shape index (κ2) is 19.4. The predicted molar refractivity (Wildman–Crippen MR) is 65.0 cm³/mol. The number of ether oxygens (including phenoxy) is 2. The van der Waals surface area contributed by atoms with Crippen LogP contribution in [-0.4, -0.2) is 63.2 Å². The van der Waals surface area contributed by atoms with Crippen molar-refractivity contribution < 1.29 is 55.4 Å². The summed E-state index contributed by atoms with van der Waals surface area (Å²) in [4.78, 5) is 20.6. The van der Waals surface area contributed by atoms with Crippen molar-refractivity contribution in [1.82, 2.24) is 0 Å². The average molecular weight is 489 g/mol. The van der Waals surface area contributed by atoms with Gasteiger partial charge >= 0.3 is 21.1 Å². The van der Waals surface area contributed by atoms with E-state index in [2.05, 4.69) is 0 Å². The number of aliphatic hydroxyl groups is 1. The van der Waals surface area contributed by atoms with E-state index in [1.807, 2.05) is 0 Å². The Morgan fingerprint density at radius 2 is 1.38 bits per heavy atom. The van der Waals surface area contributed by atoms with E-state index in [1.54, 1.807) is 0 Å². The van der Waals surface area contributed by atoms with Gasteiger partial charge in [-0.3, -0.25) is 0 Å². The standard InChI is InChI=1S/C9H16O7.C2H8N2.Pt/c10-2-4-16-6-5-15-3-1-7(8(11)12)9(13)14;3-1-2-4;/h7,10H,1-6H2,(H,11,12)(H,13,14);1-4H2;/q;;+2/p-2. The number of aliphatic hydroxyl groups excluding tert-OH is 1. The molecular formula is C11H22N2O7Pt. The molecule has 0 spiro atoms. The van der Waals surface area contributed by atoms with Crippen molar-refractivity contribution in [2.75, 3.05) is 46.1 Å². The number of rotatable bonds is 11. The first-order valence-electron chi connectivity index (χ1n) is 6.09. The molecule has 0 radical (unpaired) electrons.